The van der Waals surface area contributed by atoms with Crippen LogP contribution in [0.5, 0.6) is 0 Å². The molecular weight excluding hydrogens is 240 g/mol. The summed E-state index contributed by atoms with van der Waals surface area (Å²) < 4.78 is 0. The molecule has 102 valence electrons. The molecule has 0 aliphatic heterocycles. The molecule has 6 nitrogen and oxygen atoms in total. The Labute approximate surface area is 112 Å². The molecule has 5 N–H and O–H groups in total. The highest BCUT2D eigenvalue weighted by atomic mass is 15.1. The fraction of sp³-hybridized carbons (Fsp3) is 0.385. The van der Waals surface area contributed by atoms with Crippen LogP contribution < -0.4 is 16.4 Å². The van der Waals surface area contributed by atoms with Crippen LogP contribution in [0, 0.1) is 0 Å². The molecule has 2 rings (SSSR count). The summed E-state index contributed by atoms with van der Waals surface area (Å²) in [5.74, 6) is 1.55. The lowest BCUT2D eigenvalue weighted by Crippen LogP contribution is -2.39. The lowest BCUT2D eigenvalue weighted by Gasteiger charge is -2.24. The van der Waals surface area contributed by atoms with E-state index in [1.807, 2.05) is 38.4 Å². The van der Waals surface area contributed by atoms with Crippen LogP contribution in [-0.2, 0) is 6.54 Å². The van der Waals surface area contributed by atoms with Crippen molar-refractivity contribution in [1.29, 1.82) is 0 Å². The molecule has 0 spiro atoms. The van der Waals surface area contributed by atoms with Crippen LogP contribution in [0.25, 0.3) is 0 Å². The van der Waals surface area contributed by atoms with Crippen molar-refractivity contribution in [3.63, 3.8) is 0 Å². The van der Waals surface area contributed by atoms with Crippen LogP contribution >= 0.6 is 0 Å². The van der Waals surface area contributed by atoms with E-state index >= 15 is 0 Å². The van der Waals surface area contributed by atoms with Crippen molar-refractivity contribution in [3.05, 3.63) is 36.4 Å². The SMILES string of the molecule is CC(C)(CN)Nc1cc(NCc2cc[nH]c2)ncn1. The monoisotopic (exact) mass is 260 g/mol. The van der Waals surface area contributed by atoms with Gasteiger partial charge in [-0.25, -0.2) is 9.97 Å². The van der Waals surface area contributed by atoms with Crippen LogP contribution in [0.2, 0.25) is 0 Å². The number of nitrogens with zero attached hydrogens (tertiary/aromatic N) is 2. The highest BCUT2D eigenvalue weighted by Crippen LogP contribution is 2.14. The number of aromatic nitrogens is 3. The van der Waals surface area contributed by atoms with Crippen molar-refractivity contribution in [3.8, 4) is 0 Å². The van der Waals surface area contributed by atoms with E-state index in [4.69, 9.17) is 5.73 Å². The Hall–Kier alpha value is -2.08. The molecule has 0 radical (unpaired) electrons. The summed E-state index contributed by atoms with van der Waals surface area (Å²) in [5.41, 5.74) is 6.68. The first-order valence-electron chi connectivity index (χ1n) is 6.25. The van der Waals surface area contributed by atoms with E-state index < -0.39 is 0 Å². The van der Waals surface area contributed by atoms with E-state index in [1.54, 1.807) is 0 Å². The third-order valence-corrected chi connectivity index (χ3v) is 2.78. The highest BCUT2D eigenvalue weighted by Gasteiger charge is 2.15. The average molecular weight is 260 g/mol. The van der Waals surface area contributed by atoms with E-state index in [-0.39, 0.29) is 5.54 Å². The summed E-state index contributed by atoms with van der Waals surface area (Å²) in [6, 6.07) is 3.90. The van der Waals surface area contributed by atoms with E-state index in [0.717, 1.165) is 18.2 Å². The van der Waals surface area contributed by atoms with Crippen LogP contribution in [0.4, 0.5) is 11.6 Å². The van der Waals surface area contributed by atoms with Crippen LogP contribution in [0.1, 0.15) is 19.4 Å². The van der Waals surface area contributed by atoms with Crippen LogP contribution in [-0.4, -0.2) is 27.0 Å². The fourth-order valence-electron chi connectivity index (χ4n) is 1.58. The lowest BCUT2D eigenvalue weighted by atomic mass is 10.1. The Morgan fingerprint density at radius 1 is 1.32 bits per heavy atom. The van der Waals surface area contributed by atoms with E-state index in [0.29, 0.717) is 6.54 Å². The van der Waals surface area contributed by atoms with Crippen LogP contribution in [0.3, 0.4) is 0 Å². The molecule has 6 heteroatoms. The number of hydrogen-bond acceptors (Lipinski definition) is 5. The molecule has 0 aliphatic carbocycles. The average Bonchev–Trinajstić information content (AvgIpc) is 2.89. The van der Waals surface area contributed by atoms with Gasteiger partial charge in [0.1, 0.15) is 18.0 Å². The quantitative estimate of drug-likeness (QED) is 0.633. The first kappa shape index (κ1) is 13.4. The lowest BCUT2D eigenvalue weighted by molar-refractivity contribution is 0.577. The van der Waals surface area contributed by atoms with Crippen LogP contribution in [0.15, 0.2) is 30.9 Å². The summed E-state index contributed by atoms with van der Waals surface area (Å²) in [6.45, 7) is 5.31. The second kappa shape index (κ2) is 5.71. The molecule has 0 saturated carbocycles. The number of H-pyrrole nitrogens is 1. The van der Waals surface area contributed by atoms with Crippen molar-refractivity contribution in [1.82, 2.24) is 15.0 Å². The zero-order valence-corrected chi connectivity index (χ0v) is 11.3. The first-order chi connectivity index (χ1) is 9.09. The molecule has 0 fully saturated rings. The van der Waals surface area contributed by atoms with E-state index in [9.17, 15) is 0 Å². The number of aromatic amines is 1. The molecule has 2 aromatic rings. The molecule has 0 atom stereocenters. The smallest absolute Gasteiger partial charge is 0.131 e. The maximum atomic E-state index is 5.69. The van der Waals surface area contributed by atoms with Gasteiger partial charge >= 0.3 is 0 Å². The fourth-order valence-corrected chi connectivity index (χ4v) is 1.58. The van der Waals surface area contributed by atoms with Gasteiger partial charge in [0.2, 0.25) is 0 Å². The second-order valence-corrected chi connectivity index (χ2v) is 5.07. The van der Waals surface area contributed by atoms with Gasteiger partial charge in [-0.3, -0.25) is 0 Å². The summed E-state index contributed by atoms with van der Waals surface area (Å²) >= 11 is 0. The third kappa shape index (κ3) is 3.96. The highest BCUT2D eigenvalue weighted by molar-refractivity contribution is 5.48. The molecule has 0 bridgehead atoms. The minimum atomic E-state index is -0.188. The van der Waals surface area contributed by atoms with Gasteiger partial charge in [-0.1, -0.05) is 0 Å². The van der Waals surface area contributed by atoms with Crippen molar-refractivity contribution >= 4 is 11.6 Å². The molecule has 0 amide bonds. The van der Waals surface area contributed by atoms with Gasteiger partial charge in [-0.05, 0) is 25.5 Å². The number of hydrogen-bond donors (Lipinski definition) is 4. The maximum Gasteiger partial charge on any atom is 0.131 e. The van der Waals surface area contributed by atoms with Crippen molar-refractivity contribution in [2.24, 2.45) is 5.73 Å². The molecule has 2 heterocycles. The van der Waals surface area contributed by atoms with Gasteiger partial charge in [0.15, 0.2) is 0 Å². The van der Waals surface area contributed by atoms with Gasteiger partial charge < -0.3 is 21.4 Å². The first-order valence-corrected chi connectivity index (χ1v) is 6.25. The Kier molecular flexibility index (Phi) is 4.01. The molecular formula is C13H20N6. The molecule has 19 heavy (non-hydrogen) atoms. The maximum absolute atomic E-state index is 5.69. The summed E-state index contributed by atoms with van der Waals surface area (Å²) in [6.07, 6.45) is 5.38. The predicted octanol–water partition coefficient (Wildman–Crippen LogP) is 1.57. The molecule has 0 aliphatic rings. The number of nitrogens with one attached hydrogen (secondary N) is 3. The van der Waals surface area contributed by atoms with E-state index in [2.05, 4.69) is 25.6 Å². The number of rotatable bonds is 6. The summed E-state index contributed by atoms with van der Waals surface area (Å²) in [7, 11) is 0. The normalized spacial score (nSPS) is 11.3. The van der Waals surface area contributed by atoms with Gasteiger partial charge in [0.25, 0.3) is 0 Å². The summed E-state index contributed by atoms with van der Waals surface area (Å²) in [4.78, 5) is 11.4. The second-order valence-electron chi connectivity index (χ2n) is 5.07. The zero-order chi connectivity index (χ0) is 13.7. The Bertz CT molecular complexity index is 506. The third-order valence-electron chi connectivity index (χ3n) is 2.78. The number of nitrogens with two attached hydrogens (primary N) is 1. The zero-order valence-electron chi connectivity index (χ0n) is 11.3. The molecule has 0 unspecified atom stereocenters. The van der Waals surface area contributed by atoms with E-state index in [1.165, 1.54) is 11.9 Å². The Morgan fingerprint density at radius 2 is 2.11 bits per heavy atom. The standard InChI is InChI=1S/C13H20N6/c1-13(2,8-14)19-12-5-11(17-9-18-12)16-7-10-3-4-15-6-10/h3-6,9,15H,7-8,14H2,1-2H3,(H2,16,17,18,19). The Balaban J connectivity index is 1.99. The van der Waals surface area contributed by atoms with Gasteiger partial charge in [0, 0.05) is 37.1 Å². The molecule has 0 aromatic carbocycles. The molecule has 0 saturated heterocycles. The minimum Gasteiger partial charge on any atom is -0.367 e. The molecule has 2 aromatic heterocycles. The predicted molar refractivity (Wildman–Crippen MR) is 76.9 cm³/mol. The van der Waals surface area contributed by atoms with Gasteiger partial charge in [-0.15, -0.1) is 0 Å². The number of anilines is 2. The Morgan fingerprint density at radius 3 is 2.79 bits per heavy atom. The summed E-state index contributed by atoms with van der Waals surface area (Å²) in [5, 5.41) is 6.53. The topological polar surface area (TPSA) is 91.7 Å². The van der Waals surface area contributed by atoms with Crippen molar-refractivity contribution in [2.45, 2.75) is 25.9 Å². The minimum absolute atomic E-state index is 0.188. The van der Waals surface area contributed by atoms with Gasteiger partial charge in [-0.2, -0.15) is 0 Å². The largest absolute Gasteiger partial charge is 0.367 e. The van der Waals surface area contributed by atoms with Crippen molar-refractivity contribution in [2.75, 3.05) is 17.2 Å². The van der Waals surface area contributed by atoms with Crippen molar-refractivity contribution < 1.29 is 0 Å². The van der Waals surface area contributed by atoms with Gasteiger partial charge in [0.05, 0.1) is 0 Å².